The second-order valence-electron chi connectivity index (χ2n) is 5.85. The van der Waals surface area contributed by atoms with E-state index in [2.05, 4.69) is 46.4 Å². The fourth-order valence-corrected chi connectivity index (χ4v) is 1.75. The summed E-state index contributed by atoms with van der Waals surface area (Å²) in [5.41, 5.74) is 0. The summed E-state index contributed by atoms with van der Waals surface area (Å²) in [6.45, 7) is 16.4. The predicted molar refractivity (Wildman–Crippen MR) is 70.2 cm³/mol. The second-order valence-corrected chi connectivity index (χ2v) is 5.85. The quantitative estimate of drug-likeness (QED) is 0.584. The van der Waals surface area contributed by atoms with Crippen LogP contribution >= 0.6 is 0 Å². The summed E-state index contributed by atoms with van der Waals surface area (Å²) in [4.78, 5) is 2.63. The molecular formula is C14H31N. The van der Waals surface area contributed by atoms with Crippen molar-refractivity contribution in [1.29, 1.82) is 0 Å². The molecule has 0 aliphatic carbocycles. The largest absolute Gasteiger partial charge is 0.301 e. The van der Waals surface area contributed by atoms with Crippen molar-refractivity contribution >= 4 is 0 Å². The molecule has 0 rings (SSSR count). The summed E-state index contributed by atoms with van der Waals surface area (Å²) < 4.78 is 0. The molecule has 0 aliphatic rings. The van der Waals surface area contributed by atoms with Gasteiger partial charge in [-0.3, -0.25) is 0 Å². The molecule has 0 aliphatic heterocycles. The lowest BCUT2D eigenvalue weighted by Crippen LogP contribution is -2.33. The van der Waals surface area contributed by atoms with Gasteiger partial charge in [0.2, 0.25) is 0 Å². The highest BCUT2D eigenvalue weighted by molar-refractivity contribution is 4.64. The van der Waals surface area contributed by atoms with Gasteiger partial charge in [0.05, 0.1) is 0 Å². The second kappa shape index (κ2) is 8.15. The summed E-state index contributed by atoms with van der Waals surface area (Å²) in [5, 5.41) is 0. The molecule has 0 atom stereocenters. The Labute approximate surface area is 97.2 Å². The molecule has 1 nitrogen and oxygen atoms in total. The molecule has 0 unspecified atom stereocenters. The first kappa shape index (κ1) is 15.0. The summed E-state index contributed by atoms with van der Waals surface area (Å²) in [5.74, 6) is 1.68. The van der Waals surface area contributed by atoms with E-state index in [9.17, 15) is 0 Å². The fraction of sp³-hybridized carbons (Fsp3) is 1.00. The van der Waals surface area contributed by atoms with E-state index in [0.717, 1.165) is 11.8 Å². The van der Waals surface area contributed by atoms with Crippen LogP contribution in [-0.4, -0.2) is 24.0 Å². The number of hydrogen-bond acceptors (Lipinski definition) is 1. The van der Waals surface area contributed by atoms with Crippen molar-refractivity contribution in [2.75, 3.05) is 13.1 Å². The van der Waals surface area contributed by atoms with Crippen molar-refractivity contribution < 1.29 is 0 Å². The van der Waals surface area contributed by atoms with Gasteiger partial charge in [-0.2, -0.15) is 0 Å². The molecule has 0 spiro atoms. The Morgan fingerprint density at radius 3 is 1.67 bits per heavy atom. The summed E-state index contributed by atoms with van der Waals surface area (Å²) in [6.07, 6.45) is 4.05. The summed E-state index contributed by atoms with van der Waals surface area (Å²) >= 11 is 0. The van der Waals surface area contributed by atoms with Crippen LogP contribution in [-0.2, 0) is 0 Å². The Hall–Kier alpha value is -0.0400. The lowest BCUT2D eigenvalue weighted by molar-refractivity contribution is 0.203. The zero-order chi connectivity index (χ0) is 11.8. The van der Waals surface area contributed by atoms with Gasteiger partial charge in [0.25, 0.3) is 0 Å². The van der Waals surface area contributed by atoms with Gasteiger partial charge in [-0.05, 0) is 58.0 Å². The van der Waals surface area contributed by atoms with Crippen molar-refractivity contribution in [3.05, 3.63) is 0 Å². The highest BCUT2D eigenvalue weighted by Gasteiger charge is 2.09. The molecule has 0 fully saturated rings. The minimum Gasteiger partial charge on any atom is -0.301 e. The van der Waals surface area contributed by atoms with Gasteiger partial charge >= 0.3 is 0 Å². The minimum absolute atomic E-state index is 0.705. The molecule has 0 amide bonds. The average molecular weight is 213 g/mol. The van der Waals surface area contributed by atoms with Crippen LogP contribution in [0.25, 0.3) is 0 Å². The van der Waals surface area contributed by atoms with Crippen molar-refractivity contribution in [3.8, 4) is 0 Å². The first-order chi connectivity index (χ1) is 6.93. The van der Waals surface area contributed by atoms with Gasteiger partial charge in [0.1, 0.15) is 0 Å². The van der Waals surface area contributed by atoms with Crippen LogP contribution in [0.3, 0.4) is 0 Å². The molecule has 92 valence electrons. The van der Waals surface area contributed by atoms with E-state index in [1.807, 2.05) is 0 Å². The van der Waals surface area contributed by atoms with Gasteiger partial charge in [-0.25, -0.2) is 0 Å². The Morgan fingerprint density at radius 1 is 0.733 bits per heavy atom. The number of rotatable bonds is 8. The third kappa shape index (κ3) is 8.92. The topological polar surface area (TPSA) is 3.24 Å². The molecule has 0 bridgehead atoms. The maximum absolute atomic E-state index is 2.63. The van der Waals surface area contributed by atoms with Crippen molar-refractivity contribution in [2.45, 2.75) is 66.8 Å². The van der Waals surface area contributed by atoms with Crippen LogP contribution in [0.4, 0.5) is 0 Å². The van der Waals surface area contributed by atoms with E-state index in [0.29, 0.717) is 6.04 Å². The van der Waals surface area contributed by atoms with Crippen molar-refractivity contribution in [2.24, 2.45) is 11.8 Å². The van der Waals surface area contributed by atoms with Crippen LogP contribution < -0.4 is 0 Å². The van der Waals surface area contributed by atoms with Crippen LogP contribution in [0.2, 0.25) is 0 Å². The Bertz CT molecular complexity index is 138. The first-order valence-electron chi connectivity index (χ1n) is 6.67. The maximum Gasteiger partial charge on any atom is 0.00385 e. The molecule has 1 heteroatoms. The van der Waals surface area contributed by atoms with Crippen LogP contribution in [0.1, 0.15) is 60.8 Å². The molecule has 0 aromatic carbocycles. The Kier molecular flexibility index (Phi) is 8.13. The zero-order valence-electron chi connectivity index (χ0n) is 11.7. The minimum atomic E-state index is 0.705. The van der Waals surface area contributed by atoms with E-state index in [1.54, 1.807) is 0 Å². The normalized spacial score (nSPS) is 12.4. The molecule has 0 saturated heterocycles. The molecule has 0 aromatic heterocycles. The third-order valence-corrected chi connectivity index (χ3v) is 2.95. The highest BCUT2D eigenvalue weighted by atomic mass is 15.1. The van der Waals surface area contributed by atoms with Crippen molar-refractivity contribution in [1.82, 2.24) is 4.90 Å². The third-order valence-electron chi connectivity index (χ3n) is 2.95. The monoisotopic (exact) mass is 213 g/mol. The molecular weight excluding hydrogens is 182 g/mol. The standard InChI is InChI=1S/C14H31N/c1-12(2)8-7-10-15(14(5)6)11-9-13(3)4/h12-14H,7-11H2,1-6H3. The van der Waals surface area contributed by atoms with E-state index in [-0.39, 0.29) is 0 Å². The van der Waals surface area contributed by atoms with Gasteiger partial charge in [0.15, 0.2) is 0 Å². The van der Waals surface area contributed by atoms with Crippen LogP contribution in [0.5, 0.6) is 0 Å². The summed E-state index contributed by atoms with van der Waals surface area (Å²) in [6, 6.07) is 0.705. The SMILES string of the molecule is CC(C)CCCN(CCC(C)C)C(C)C. The lowest BCUT2D eigenvalue weighted by atomic mass is 10.1. The average Bonchev–Trinajstić information content (AvgIpc) is 2.09. The molecule has 0 heterocycles. The van der Waals surface area contributed by atoms with E-state index in [4.69, 9.17) is 0 Å². The number of hydrogen-bond donors (Lipinski definition) is 0. The predicted octanol–water partition coefficient (Wildman–Crippen LogP) is 4.18. The maximum atomic E-state index is 2.63. The fourth-order valence-electron chi connectivity index (χ4n) is 1.75. The molecule has 15 heavy (non-hydrogen) atoms. The van der Waals surface area contributed by atoms with Gasteiger partial charge < -0.3 is 4.90 Å². The Balaban J connectivity index is 3.73. The summed E-state index contributed by atoms with van der Waals surface area (Å²) in [7, 11) is 0. The van der Waals surface area contributed by atoms with E-state index < -0.39 is 0 Å². The van der Waals surface area contributed by atoms with Gasteiger partial charge in [0, 0.05) is 6.04 Å². The first-order valence-corrected chi connectivity index (χ1v) is 6.67. The molecule has 0 saturated carbocycles. The van der Waals surface area contributed by atoms with E-state index >= 15 is 0 Å². The lowest BCUT2D eigenvalue weighted by Gasteiger charge is -2.27. The highest BCUT2D eigenvalue weighted by Crippen LogP contribution is 2.09. The zero-order valence-corrected chi connectivity index (χ0v) is 11.7. The smallest absolute Gasteiger partial charge is 0.00385 e. The van der Waals surface area contributed by atoms with Crippen LogP contribution in [0.15, 0.2) is 0 Å². The Morgan fingerprint density at radius 2 is 1.27 bits per heavy atom. The molecule has 0 radical (unpaired) electrons. The van der Waals surface area contributed by atoms with E-state index in [1.165, 1.54) is 32.4 Å². The van der Waals surface area contributed by atoms with Gasteiger partial charge in [-0.15, -0.1) is 0 Å². The molecule has 0 aromatic rings. The molecule has 0 N–H and O–H groups in total. The van der Waals surface area contributed by atoms with Crippen molar-refractivity contribution in [3.63, 3.8) is 0 Å². The van der Waals surface area contributed by atoms with Crippen LogP contribution in [0, 0.1) is 11.8 Å². The number of nitrogens with zero attached hydrogens (tertiary/aromatic N) is 1. The van der Waals surface area contributed by atoms with Gasteiger partial charge in [-0.1, -0.05) is 27.7 Å².